The number of nitriles is 1. The van der Waals surface area contributed by atoms with E-state index < -0.39 is 0 Å². The van der Waals surface area contributed by atoms with Gasteiger partial charge in [-0.15, -0.1) is 0 Å². The van der Waals surface area contributed by atoms with E-state index in [-0.39, 0.29) is 17.8 Å². The monoisotopic (exact) mass is 270 g/mol. The number of likely N-dealkylation sites (tertiary alicyclic amines) is 1. The standard InChI is InChI=1S/C12H10N6O2/c13-4-8-1-2-14-10(3-8)20-9-5-18(6-9)12(19)11-15-7-16-17-11/h1-3,7,9H,5-6H2,(H,15,16,17). The van der Waals surface area contributed by atoms with Gasteiger partial charge >= 0.3 is 0 Å². The fourth-order valence-electron chi connectivity index (χ4n) is 1.85. The van der Waals surface area contributed by atoms with Crippen molar-refractivity contribution in [2.24, 2.45) is 0 Å². The zero-order valence-electron chi connectivity index (χ0n) is 10.4. The van der Waals surface area contributed by atoms with E-state index in [1.54, 1.807) is 17.0 Å². The lowest BCUT2D eigenvalue weighted by molar-refractivity contribution is 0.0151. The topological polar surface area (TPSA) is 108 Å². The SMILES string of the molecule is N#Cc1ccnc(OC2CN(C(=O)c3ncn[nH]3)C2)c1. The van der Waals surface area contributed by atoms with E-state index in [2.05, 4.69) is 20.2 Å². The predicted octanol–water partition coefficient (Wildman–Crippen LogP) is -0.0252. The van der Waals surface area contributed by atoms with Gasteiger partial charge in [0.25, 0.3) is 5.91 Å². The summed E-state index contributed by atoms with van der Waals surface area (Å²) < 4.78 is 5.59. The highest BCUT2D eigenvalue weighted by Gasteiger charge is 2.34. The van der Waals surface area contributed by atoms with Crippen LogP contribution in [0.5, 0.6) is 5.88 Å². The molecule has 1 amide bonds. The maximum absolute atomic E-state index is 11.9. The second-order valence-corrected chi connectivity index (χ2v) is 4.28. The first-order valence-corrected chi connectivity index (χ1v) is 5.93. The summed E-state index contributed by atoms with van der Waals surface area (Å²) >= 11 is 0. The third kappa shape index (κ3) is 2.29. The predicted molar refractivity (Wildman–Crippen MR) is 65.7 cm³/mol. The molecule has 100 valence electrons. The van der Waals surface area contributed by atoms with Gasteiger partial charge in [-0.25, -0.2) is 9.97 Å². The average Bonchev–Trinajstić information content (AvgIpc) is 2.96. The zero-order valence-corrected chi connectivity index (χ0v) is 10.4. The Bertz CT molecular complexity index is 657. The van der Waals surface area contributed by atoms with Crippen LogP contribution in [0.4, 0.5) is 0 Å². The average molecular weight is 270 g/mol. The van der Waals surface area contributed by atoms with E-state index in [0.29, 0.717) is 24.5 Å². The van der Waals surface area contributed by atoms with Crippen LogP contribution in [-0.2, 0) is 0 Å². The van der Waals surface area contributed by atoms with Crippen LogP contribution in [-0.4, -0.2) is 50.2 Å². The lowest BCUT2D eigenvalue weighted by Crippen LogP contribution is -2.56. The van der Waals surface area contributed by atoms with Gasteiger partial charge in [0.05, 0.1) is 24.7 Å². The van der Waals surface area contributed by atoms with Gasteiger partial charge in [-0.1, -0.05) is 0 Å². The van der Waals surface area contributed by atoms with Crippen molar-refractivity contribution in [3.63, 3.8) is 0 Å². The zero-order chi connectivity index (χ0) is 13.9. The van der Waals surface area contributed by atoms with Crippen molar-refractivity contribution in [1.82, 2.24) is 25.1 Å². The number of nitrogens with zero attached hydrogens (tertiary/aromatic N) is 5. The van der Waals surface area contributed by atoms with E-state index in [0.717, 1.165) is 0 Å². The van der Waals surface area contributed by atoms with E-state index in [1.807, 2.05) is 6.07 Å². The smallest absolute Gasteiger partial charge is 0.291 e. The highest BCUT2D eigenvalue weighted by molar-refractivity contribution is 5.90. The number of ether oxygens (including phenoxy) is 1. The van der Waals surface area contributed by atoms with Crippen molar-refractivity contribution >= 4 is 5.91 Å². The molecule has 1 aliphatic rings. The first kappa shape index (κ1) is 12.1. The number of hydrogen-bond donors (Lipinski definition) is 1. The Morgan fingerprint density at radius 3 is 3.05 bits per heavy atom. The maximum Gasteiger partial charge on any atom is 0.291 e. The lowest BCUT2D eigenvalue weighted by atomic mass is 10.1. The summed E-state index contributed by atoms with van der Waals surface area (Å²) in [7, 11) is 0. The number of nitrogens with one attached hydrogen (secondary N) is 1. The molecule has 0 spiro atoms. The molecule has 0 radical (unpaired) electrons. The summed E-state index contributed by atoms with van der Waals surface area (Å²) in [5, 5.41) is 14.9. The minimum absolute atomic E-state index is 0.122. The lowest BCUT2D eigenvalue weighted by Gasteiger charge is -2.37. The summed E-state index contributed by atoms with van der Waals surface area (Å²) in [6, 6.07) is 5.19. The molecule has 0 saturated carbocycles. The fraction of sp³-hybridized carbons (Fsp3) is 0.250. The molecule has 0 aliphatic carbocycles. The highest BCUT2D eigenvalue weighted by atomic mass is 16.5. The van der Waals surface area contributed by atoms with Crippen LogP contribution in [0.2, 0.25) is 0 Å². The first-order valence-electron chi connectivity index (χ1n) is 5.93. The molecule has 3 heterocycles. The van der Waals surface area contributed by atoms with Crippen LogP contribution in [0.1, 0.15) is 16.2 Å². The van der Waals surface area contributed by atoms with Crippen LogP contribution in [0.15, 0.2) is 24.7 Å². The van der Waals surface area contributed by atoms with Crippen LogP contribution in [0.3, 0.4) is 0 Å². The summed E-state index contributed by atoms with van der Waals surface area (Å²) in [6.07, 6.45) is 2.69. The third-order valence-electron chi connectivity index (χ3n) is 2.90. The highest BCUT2D eigenvalue weighted by Crippen LogP contribution is 2.18. The summed E-state index contributed by atoms with van der Waals surface area (Å²) in [4.78, 5) is 21.3. The molecular weight excluding hydrogens is 260 g/mol. The Balaban J connectivity index is 1.56. The number of carbonyl (C=O) groups excluding carboxylic acids is 1. The number of aromatic amines is 1. The van der Waals surface area contributed by atoms with Crippen molar-refractivity contribution in [3.8, 4) is 11.9 Å². The van der Waals surface area contributed by atoms with Gasteiger partial charge in [0, 0.05) is 12.3 Å². The molecule has 0 unspecified atom stereocenters. The van der Waals surface area contributed by atoms with Gasteiger partial charge in [0.15, 0.2) is 0 Å². The summed E-state index contributed by atoms with van der Waals surface area (Å²) in [5.41, 5.74) is 0.490. The largest absolute Gasteiger partial charge is 0.471 e. The number of H-pyrrole nitrogens is 1. The molecule has 0 aromatic carbocycles. The Morgan fingerprint density at radius 2 is 2.35 bits per heavy atom. The second kappa shape index (κ2) is 4.97. The summed E-state index contributed by atoms with van der Waals surface area (Å²) in [5.74, 6) is 0.398. The first-order chi connectivity index (χ1) is 9.76. The molecule has 2 aromatic heterocycles. The van der Waals surface area contributed by atoms with Crippen molar-refractivity contribution in [1.29, 1.82) is 5.26 Å². The number of pyridine rings is 1. The molecule has 20 heavy (non-hydrogen) atoms. The van der Waals surface area contributed by atoms with Gasteiger partial charge < -0.3 is 9.64 Å². The van der Waals surface area contributed by atoms with Crippen molar-refractivity contribution in [2.45, 2.75) is 6.10 Å². The molecule has 1 saturated heterocycles. The molecule has 2 aromatic rings. The Labute approximate surface area is 114 Å². The molecule has 0 atom stereocenters. The fourth-order valence-corrected chi connectivity index (χ4v) is 1.85. The van der Waals surface area contributed by atoms with Gasteiger partial charge in [-0.2, -0.15) is 10.4 Å². The van der Waals surface area contributed by atoms with Crippen LogP contribution in [0.25, 0.3) is 0 Å². The number of carbonyl (C=O) groups is 1. The minimum atomic E-state index is -0.207. The van der Waals surface area contributed by atoms with Crippen LogP contribution < -0.4 is 4.74 Å². The van der Waals surface area contributed by atoms with E-state index in [9.17, 15) is 4.79 Å². The van der Waals surface area contributed by atoms with Crippen LogP contribution >= 0.6 is 0 Å². The molecule has 1 aliphatic heterocycles. The number of amides is 1. The van der Waals surface area contributed by atoms with Crippen molar-refractivity contribution in [2.75, 3.05) is 13.1 Å². The quantitative estimate of drug-likeness (QED) is 0.839. The second-order valence-electron chi connectivity index (χ2n) is 4.28. The van der Waals surface area contributed by atoms with Crippen LogP contribution in [0, 0.1) is 11.3 Å². The van der Waals surface area contributed by atoms with E-state index in [4.69, 9.17) is 10.00 Å². The molecule has 1 fully saturated rings. The van der Waals surface area contributed by atoms with Crippen molar-refractivity contribution in [3.05, 3.63) is 36.0 Å². The number of hydrogen-bond acceptors (Lipinski definition) is 6. The van der Waals surface area contributed by atoms with Gasteiger partial charge in [0.2, 0.25) is 11.7 Å². The molecule has 0 bridgehead atoms. The van der Waals surface area contributed by atoms with Gasteiger partial charge in [-0.3, -0.25) is 9.89 Å². The third-order valence-corrected chi connectivity index (χ3v) is 2.90. The van der Waals surface area contributed by atoms with Crippen molar-refractivity contribution < 1.29 is 9.53 Å². The molecular formula is C12H10N6O2. The normalized spacial score (nSPS) is 14.4. The van der Waals surface area contributed by atoms with E-state index >= 15 is 0 Å². The molecule has 8 heteroatoms. The Kier molecular flexibility index (Phi) is 3.01. The number of aromatic nitrogens is 4. The van der Waals surface area contributed by atoms with Gasteiger partial charge in [-0.05, 0) is 6.07 Å². The minimum Gasteiger partial charge on any atom is -0.471 e. The van der Waals surface area contributed by atoms with E-state index in [1.165, 1.54) is 12.5 Å². The number of rotatable bonds is 3. The molecule has 3 rings (SSSR count). The Morgan fingerprint density at radius 1 is 1.50 bits per heavy atom. The summed E-state index contributed by atoms with van der Waals surface area (Å²) in [6.45, 7) is 0.913. The van der Waals surface area contributed by atoms with Gasteiger partial charge in [0.1, 0.15) is 12.4 Å². The Hall–Kier alpha value is -2.95. The molecule has 8 nitrogen and oxygen atoms in total. The molecule has 1 N–H and O–H groups in total. The maximum atomic E-state index is 11.9.